The minimum Gasteiger partial charge on any atom is -0.324 e. The van der Waals surface area contributed by atoms with Gasteiger partial charge in [0.2, 0.25) is 15.9 Å². The molecular weight excluding hydrogens is 324 g/mol. The summed E-state index contributed by atoms with van der Waals surface area (Å²) in [4.78, 5) is 12.7. The number of carbonyl (C=O) groups is 1. The van der Waals surface area contributed by atoms with Crippen LogP contribution in [0.5, 0.6) is 0 Å². The molecule has 2 rings (SSSR count). The van der Waals surface area contributed by atoms with E-state index in [0.29, 0.717) is 11.3 Å². The number of nitrogens with one attached hydrogen (secondary N) is 1. The van der Waals surface area contributed by atoms with E-state index in [2.05, 4.69) is 12.2 Å². The molecule has 0 bridgehead atoms. The molecule has 24 heavy (non-hydrogen) atoms. The molecule has 6 heteroatoms. The number of hydrogen-bond acceptors (Lipinski definition) is 3. The minimum absolute atomic E-state index is 0.390. The highest BCUT2D eigenvalue weighted by atomic mass is 32.2. The lowest BCUT2D eigenvalue weighted by atomic mass is 10.1. The molecule has 5 nitrogen and oxygen atoms in total. The molecule has 0 spiro atoms. The highest BCUT2D eigenvalue weighted by Gasteiger charge is 2.30. The van der Waals surface area contributed by atoms with Crippen molar-refractivity contribution in [2.45, 2.75) is 19.4 Å². The van der Waals surface area contributed by atoms with Crippen molar-refractivity contribution in [1.82, 2.24) is 4.31 Å². The Hall–Kier alpha value is -2.18. The summed E-state index contributed by atoms with van der Waals surface area (Å²) in [5.74, 6) is -0.390. The molecule has 0 aliphatic rings. The molecule has 128 valence electrons. The number of hydrogen-bond donors (Lipinski definition) is 1. The van der Waals surface area contributed by atoms with Gasteiger partial charge in [0.1, 0.15) is 6.04 Å². The van der Waals surface area contributed by atoms with Gasteiger partial charge in [-0.25, -0.2) is 8.42 Å². The van der Waals surface area contributed by atoms with Gasteiger partial charge < -0.3 is 5.32 Å². The van der Waals surface area contributed by atoms with Gasteiger partial charge in [-0.05, 0) is 29.7 Å². The number of aryl methyl sites for hydroxylation is 1. The zero-order chi connectivity index (χ0) is 17.7. The van der Waals surface area contributed by atoms with Crippen molar-refractivity contribution in [2.24, 2.45) is 0 Å². The van der Waals surface area contributed by atoms with Gasteiger partial charge in [0.15, 0.2) is 0 Å². The molecule has 2 aromatic carbocycles. The number of rotatable bonds is 6. The summed E-state index contributed by atoms with van der Waals surface area (Å²) in [6, 6.07) is 15.5. The van der Waals surface area contributed by atoms with Gasteiger partial charge in [0.05, 0.1) is 6.26 Å². The van der Waals surface area contributed by atoms with Crippen molar-refractivity contribution in [3.8, 4) is 0 Å². The fraction of sp³-hybridized carbons (Fsp3) is 0.278. The molecular formula is C18H22N2O3S. The van der Waals surface area contributed by atoms with Crippen LogP contribution in [0.1, 0.15) is 24.1 Å². The van der Waals surface area contributed by atoms with Crippen LogP contribution in [-0.4, -0.2) is 31.9 Å². The van der Waals surface area contributed by atoms with E-state index in [0.717, 1.165) is 17.0 Å². The second kappa shape index (κ2) is 7.59. The predicted molar refractivity (Wildman–Crippen MR) is 96.2 cm³/mol. The first-order valence-electron chi connectivity index (χ1n) is 7.70. The highest BCUT2D eigenvalue weighted by Crippen LogP contribution is 2.24. The number of nitrogens with zero attached hydrogens (tertiary/aromatic N) is 1. The number of sulfonamides is 1. The van der Waals surface area contributed by atoms with Crippen molar-refractivity contribution in [3.05, 3.63) is 65.7 Å². The number of amides is 1. The largest absolute Gasteiger partial charge is 0.324 e. The van der Waals surface area contributed by atoms with E-state index >= 15 is 0 Å². The summed E-state index contributed by atoms with van der Waals surface area (Å²) in [6.45, 7) is 2.06. The van der Waals surface area contributed by atoms with Gasteiger partial charge in [-0.15, -0.1) is 0 Å². The molecule has 0 heterocycles. The van der Waals surface area contributed by atoms with Crippen LogP contribution in [0.2, 0.25) is 0 Å². The maximum absolute atomic E-state index is 12.7. The molecule has 0 radical (unpaired) electrons. The average Bonchev–Trinajstić information content (AvgIpc) is 2.56. The lowest BCUT2D eigenvalue weighted by Crippen LogP contribution is -2.38. The molecule has 0 saturated carbocycles. The molecule has 2 aromatic rings. The third kappa shape index (κ3) is 4.43. The summed E-state index contributed by atoms with van der Waals surface area (Å²) in [6.07, 6.45) is 2.00. The fourth-order valence-electron chi connectivity index (χ4n) is 2.39. The Balaban J connectivity index is 2.30. The van der Waals surface area contributed by atoms with Gasteiger partial charge in [-0.1, -0.05) is 49.4 Å². The van der Waals surface area contributed by atoms with Crippen molar-refractivity contribution >= 4 is 21.6 Å². The lowest BCUT2D eigenvalue weighted by Gasteiger charge is -2.25. The monoisotopic (exact) mass is 346 g/mol. The van der Waals surface area contributed by atoms with Crippen LogP contribution in [0.25, 0.3) is 0 Å². The second-order valence-corrected chi connectivity index (χ2v) is 7.67. The van der Waals surface area contributed by atoms with E-state index in [4.69, 9.17) is 0 Å². The standard InChI is InChI=1S/C18H22N2O3S/c1-4-14-10-12-16(13-11-14)19-18(21)17(20(2)24(3,22)23)15-8-6-5-7-9-15/h5-13,17H,4H2,1-3H3,(H,19,21)/t17-/m1/s1. The second-order valence-electron chi connectivity index (χ2n) is 5.63. The van der Waals surface area contributed by atoms with Crippen LogP contribution in [-0.2, 0) is 21.2 Å². The highest BCUT2D eigenvalue weighted by molar-refractivity contribution is 7.88. The molecule has 0 unspecified atom stereocenters. The van der Waals surface area contributed by atoms with Crippen LogP contribution in [0, 0.1) is 0 Å². The Bertz CT molecular complexity index is 787. The molecule has 1 atom stereocenters. The van der Waals surface area contributed by atoms with Crippen molar-refractivity contribution in [1.29, 1.82) is 0 Å². The maximum atomic E-state index is 12.7. The minimum atomic E-state index is -3.53. The van der Waals surface area contributed by atoms with Gasteiger partial charge in [-0.3, -0.25) is 4.79 Å². The molecule has 0 saturated heterocycles. The summed E-state index contributed by atoms with van der Waals surface area (Å²) in [7, 11) is -2.12. The summed E-state index contributed by atoms with van der Waals surface area (Å²) >= 11 is 0. The smallest absolute Gasteiger partial charge is 0.247 e. The van der Waals surface area contributed by atoms with Gasteiger partial charge in [-0.2, -0.15) is 4.31 Å². The Morgan fingerprint density at radius 1 is 1.08 bits per heavy atom. The topological polar surface area (TPSA) is 66.5 Å². The number of likely N-dealkylation sites (N-methyl/N-ethyl adjacent to an activating group) is 1. The summed E-state index contributed by atoms with van der Waals surface area (Å²) in [5, 5.41) is 2.80. The Morgan fingerprint density at radius 2 is 1.67 bits per heavy atom. The fourth-order valence-corrected chi connectivity index (χ4v) is 2.99. The first-order valence-corrected chi connectivity index (χ1v) is 9.55. The first kappa shape index (κ1) is 18.2. The van der Waals surface area contributed by atoms with E-state index in [1.165, 1.54) is 12.6 Å². The zero-order valence-electron chi connectivity index (χ0n) is 14.1. The zero-order valence-corrected chi connectivity index (χ0v) is 14.9. The Labute approximate surface area is 143 Å². The summed E-state index contributed by atoms with van der Waals surface area (Å²) < 4.78 is 24.9. The van der Waals surface area contributed by atoms with Crippen molar-refractivity contribution in [2.75, 3.05) is 18.6 Å². The van der Waals surface area contributed by atoms with Crippen molar-refractivity contribution < 1.29 is 13.2 Å². The number of benzene rings is 2. The third-order valence-electron chi connectivity index (χ3n) is 3.88. The molecule has 0 aliphatic carbocycles. The van der Waals surface area contributed by atoms with Crippen LogP contribution in [0.15, 0.2) is 54.6 Å². The number of carbonyl (C=O) groups excluding carboxylic acids is 1. The average molecular weight is 346 g/mol. The van der Waals surface area contributed by atoms with E-state index < -0.39 is 22.0 Å². The Morgan fingerprint density at radius 3 is 2.17 bits per heavy atom. The number of anilines is 1. The SMILES string of the molecule is CCc1ccc(NC(=O)[C@@H](c2ccccc2)N(C)S(C)(=O)=O)cc1. The van der Waals surface area contributed by atoms with Gasteiger partial charge in [0.25, 0.3) is 0 Å². The van der Waals surface area contributed by atoms with Gasteiger partial charge >= 0.3 is 0 Å². The molecule has 1 amide bonds. The molecule has 0 aromatic heterocycles. The van der Waals surface area contributed by atoms with Gasteiger partial charge in [0, 0.05) is 12.7 Å². The van der Waals surface area contributed by atoms with Crippen LogP contribution >= 0.6 is 0 Å². The van der Waals surface area contributed by atoms with E-state index in [-0.39, 0.29) is 0 Å². The molecule has 1 N–H and O–H groups in total. The van der Waals surface area contributed by atoms with Crippen LogP contribution < -0.4 is 5.32 Å². The maximum Gasteiger partial charge on any atom is 0.247 e. The van der Waals surface area contributed by atoms with E-state index in [9.17, 15) is 13.2 Å². The molecule has 0 aliphatic heterocycles. The summed E-state index contributed by atoms with van der Waals surface area (Å²) in [5.41, 5.74) is 2.42. The predicted octanol–water partition coefficient (Wildman–Crippen LogP) is 2.82. The normalized spacial score (nSPS) is 12.8. The van der Waals surface area contributed by atoms with Crippen LogP contribution in [0.3, 0.4) is 0 Å². The van der Waals surface area contributed by atoms with E-state index in [1.807, 2.05) is 30.3 Å². The van der Waals surface area contributed by atoms with Crippen LogP contribution in [0.4, 0.5) is 5.69 Å². The van der Waals surface area contributed by atoms with Crippen molar-refractivity contribution in [3.63, 3.8) is 0 Å². The van der Waals surface area contributed by atoms with E-state index in [1.54, 1.807) is 24.3 Å². The molecule has 0 fully saturated rings. The third-order valence-corrected chi connectivity index (χ3v) is 5.14. The first-order chi connectivity index (χ1) is 11.3. The lowest BCUT2D eigenvalue weighted by molar-refractivity contribution is -0.119. The quantitative estimate of drug-likeness (QED) is 0.875. The Kier molecular flexibility index (Phi) is 5.75.